The molecule has 1 fully saturated rings. The fourth-order valence-electron chi connectivity index (χ4n) is 4.39. The SMILES string of the molecule is C[C@H](C(=O)NC1CCCC1)N(Cc1ccccc1)C(=O)CCc1ccc2c(c1)OCCO2. The lowest BCUT2D eigenvalue weighted by atomic mass is 10.1. The molecule has 4 rings (SSSR count). The van der Waals surface area contributed by atoms with Crippen LogP contribution in [0.2, 0.25) is 0 Å². The molecule has 1 N–H and O–H groups in total. The van der Waals surface area contributed by atoms with E-state index in [9.17, 15) is 9.59 Å². The zero-order valence-electron chi connectivity index (χ0n) is 18.7. The quantitative estimate of drug-likeness (QED) is 0.682. The molecule has 0 spiro atoms. The molecular formula is C26H32N2O4. The summed E-state index contributed by atoms with van der Waals surface area (Å²) < 4.78 is 11.2. The van der Waals surface area contributed by atoms with E-state index in [0.29, 0.717) is 32.6 Å². The molecule has 1 heterocycles. The van der Waals surface area contributed by atoms with Crippen molar-refractivity contribution >= 4 is 11.8 Å². The van der Waals surface area contributed by atoms with E-state index in [1.165, 1.54) is 0 Å². The van der Waals surface area contributed by atoms with E-state index in [2.05, 4.69) is 5.32 Å². The molecule has 2 aliphatic rings. The van der Waals surface area contributed by atoms with Crippen molar-refractivity contribution in [3.05, 3.63) is 59.7 Å². The van der Waals surface area contributed by atoms with Gasteiger partial charge in [0.15, 0.2) is 11.5 Å². The Morgan fingerprint density at radius 1 is 1.00 bits per heavy atom. The van der Waals surface area contributed by atoms with Gasteiger partial charge in [0.05, 0.1) is 0 Å². The van der Waals surface area contributed by atoms with Crippen LogP contribution < -0.4 is 14.8 Å². The van der Waals surface area contributed by atoms with Gasteiger partial charge in [-0.3, -0.25) is 9.59 Å². The first-order valence-electron chi connectivity index (χ1n) is 11.6. The molecule has 0 unspecified atom stereocenters. The third-order valence-electron chi connectivity index (χ3n) is 6.30. The summed E-state index contributed by atoms with van der Waals surface area (Å²) >= 11 is 0. The first kappa shape index (κ1) is 22.2. The van der Waals surface area contributed by atoms with E-state index >= 15 is 0 Å². The van der Waals surface area contributed by atoms with Crippen molar-refractivity contribution in [3.8, 4) is 11.5 Å². The summed E-state index contributed by atoms with van der Waals surface area (Å²) in [6.07, 6.45) is 5.26. The lowest BCUT2D eigenvalue weighted by Gasteiger charge is -2.30. The predicted molar refractivity (Wildman–Crippen MR) is 123 cm³/mol. The maximum atomic E-state index is 13.3. The van der Waals surface area contributed by atoms with Gasteiger partial charge in [-0.05, 0) is 49.4 Å². The molecule has 2 aromatic rings. The monoisotopic (exact) mass is 436 g/mol. The van der Waals surface area contributed by atoms with E-state index in [4.69, 9.17) is 9.47 Å². The topological polar surface area (TPSA) is 67.9 Å². The van der Waals surface area contributed by atoms with E-state index in [-0.39, 0.29) is 17.9 Å². The Morgan fingerprint density at radius 2 is 1.72 bits per heavy atom. The number of benzene rings is 2. The molecule has 0 saturated heterocycles. The molecule has 1 atom stereocenters. The fourth-order valence-corrected chi connectivity index (χ4v) is 4.39. The van der Waals surface area contributed by atoms with Gasteiger partial charge in [-0.2, -0.15) is 0 Å². The summed E-state index contributed by atoms with van der Waals surface area (Å²) in [5.74, 6) is 1.37. The van der Waals surface area contributed by atoms with Gasteiger partial charge >= 0.3 is 0 Å². The molecule has 1 saturated carbocycles. The molecule has 0 radical (unpaired) electrons. The minimum atomic E-state index is -0.524. The average Bonchev–Trinajstić information content (AvgIpc) is 3.34. The highest BCUT2D eigenvalue weighted by Gasteiger charge is 2.28. The Kier molecular flexibility index (Phi) is 7.30. The van der Waals surface area contributed by atoms with Gasteiger partial charge in [-0.25, -0.2) is 0 Å². The number of ether oxygens (including phenoxy) is 2. The highest BCUT2D eigenvalue weighted by Crippen LogP contribution is 2.31. The van der Waals surface area contributed by atoms with Gasteiger partial charge in [0.2, 0.25) is 11.8 Å². The van der Waals surface area contributed by atoms with Crippen molar-refractivity contribution in [1.29, 1.82) is 0 Å². The summed E-state index contributed by atoms with van der Waals surface area (Å²) in [6, 6.07) is 15.4. The van der Waals surface area contributed by atoms with Crippen molar-refractivity contribution in [1.82, 2.24) is 10.2 Å². The summed E-state index contributed by atoms with van der Waals surface area (Å²) in [5, 5.41) is 3.14. The maximum Gasteiger partial charge on any atom is 0.242 e. The van der Waals surface area contributed by atoms with Gasteiger partial charge in [0.25, 0.3) is 0 Å². The lowest BCUT2D eigenvalue weighted by Crippen LogP contribution is -2.49. The second-order valence-electron chi connectivity index (χ2n) is 8.65. The summed E-state index contributed by atoms with van der Waals surface area (Å²) in [4.78, 5) is 27.9. The van der Waals surface area contributed by atoms with Crippen LogP contribution in [0.3, 0.4) is 0 Å². The number of carbonyl (C=O) groups is 2. The fraction of sp³-hybridized carbons (Fsp3) is 0.462. The standard InChI is InChI=1S/C26H32N2O4/c1-19(26(30)27-22-9-5-6-10-22)28(18-21-7-3-2-4-8-21)25(29)14-12-20-11-13-23-24(17-20)32-16-15-31-23/h2-4,7-8,11,13,17,19,22H,5-6,9-10,12,14-16,18H2,1H3,(H,27,30)/t19-/m1/s1. The Labute approximate surface area is 189 Å². The number of nitrogens with zero attached hydrogens (tertiary/aromatic N) is 1. The number of carbonyl (C=O) groups excluding carboxylic acids is 2. The van der Waals surface area contributed by atoms with Crippen LogP contribution in [-0.2, 0) is 22.6 Å². The van der Waals surface area contributed by atoms with Crippen molar-refractivity contribution in [3.63, 3.8) is 0 Å². The van der Waals surface area contributed by atoms with Crippen LogP contribution >= 0.6 is 0 Å². The molecular weight excluding hydrogens is 404 g/mol. The highest BCUT2D eigenvalue weighted by atomic mass is 16.6. The second-order valence-corrected chi connectivity index (χ2v) is 8.65. The van der Waals surface area contributed by atoms with Crippen molar-refractivity contribution < 1.29 is 19.1 Å². The third kappa shape index (κ3) is 5.61. The Hall–Kier alpha value is -3.02. The minimum absolute atomic E-state index is 0.0298. The van der Waals surface area contributed by atoms with Gasteiger partial charge in [0.1, 0.15) is 19.3 Å². The van der Waals surface area contributed by atoms with E-state index < -0.39 is 6.04 Å². The van der Waals surface area contributed by atoms with Gasteiger partial charge in [0, 0.05) is 19.0 Å². The maximum absolute atomic E-state index is 13.3. The molecule has 0 bridgehead atoms. The number of amides is 2. The molecule has 1 aliphatic carbocycles. The van der Waals surface area contributed by atoms with Crippen LogP contribution in [0.15, 0.2) is 48.5 Å². The molecule has 0 aromatic heterocycles. The zero-order valence-corrected chi connectivity index (χ0v) is 18.7. The zero-order chi connectivity index (χ0) is 22.3. The first-order valence-corrected chi connectivity index (χ1v) is 11.6. The molecule has 6 nitrogen and oxygen atoms in total. The summed E-state index contributed by atoms with van der Waals surface area (Å²) in [7, 11) is 0. The number of rotatable bonds is 8. The van der Waals surface area contributed by atoms with E-state index in [1.54, 1.807) is 4.90 Å². The first-order chi connectivity index (χ1) is 15.6. The van der Waals surface area contributed by atoms with Crippen LogP contribution in [-0.4, -0.2) is 42.0 Å². The Balaban J connectivity index is 1.43. The lowest BCUT2D eigenvalue weighted by molar-refractivity contribution is -0.140. The average molecular weight is 437 g/mol. The van der Waals surface area contributed by atoms with Crippen molar-refractivity contribution in [2.45, 2.75) is 64.1 Å². The Morgan fingerprint density at radius 3 is 2.47 bits per heavy atom. The number of fused-ring (bicyclic) bond motifs is 1. The van der Waals surface area contributed by atoms with Crippen LogP contribution in [0.1, 0.15) is 50.2 Å². The largest absolute Gasteiger partial charge is 0.486 e. The van der Waals surface area contributed by atoms with Crippen LogP contribution in [0.25, 0.3) is 0 Å². The smallest absolute Gasteiger partial charge is 0.242 e. The van der Waals surface area contributed by atoms with Gasteiger partial charge < -0.3 is 19.7 Å². The number of hydrogen-bond donors (Lipinski definition) is 1. The Bertz CT molecular complexity index is 925. The normalized spacial score (nSPS) is 16.4. The second kappa shape index (κ2) is 10.5. The number of hydrogen-bond acceptors (Lipinski definition) is 4. The molecule has 6 heteroatoms. The van der Waals surface area contributed by atoms with Crippen LogP contribution in [0.4, 0.5) is 0 Å². The molecule has 32 heavy (non-hydrogen) atoms. The van der Waals surface area contributed by atoms with Gasteiger partial charge in [-0.15, -0.1) is 0 Å². The van der Waals surface area contributed by atoms with Crippen LogP contribution in [0.5, 0.6) is 11.5 Å². The summed E-state index contributed by atoms with van der Waals surface area (Å²) in [6.45, 7) is 3.34. The van der Waals surface area contributed by atoms with Crippen molar-refractivity contribution in [2.75, 3.05) is 13.2 Å². The number of nitrogens with one attached hydrogen (secondary N) is 1. The molecule has 170 valence electrons. The van der Waals surface area contributed by atoms with E-state index in [0.717, 1.165) is 48.3 Å². The van der Waals surface area contributed by atoms with E-state index in [1.807, 2.05) is 55.5 Å². The predicted octanol–water partition coefficient (Wildman–Crippen LogP) is 3.87. The molecule has 1 aliphatic heterocycles. The number of aryl methyl sites for hydroxylation is 1. The van der Waals surface area contributed by atoms with Gasteiger partial charge in [-0.1, -0.05) is 49.2 Å². The highest BCUT2D eigenvalue weighted by molar-refractivity contribution is 5.87. The summed E-state index contributed by atoms with van der Waals surface area (Å²) in [5.41, 5.74) is 2.03. The molecule has 2 amide bonds. The minimum Gasteiger partial charge on any atom is -0.486 e. The van der Waals surface area contributed by atoms with Crippen molar-refractivity contribution in [2.24, 2.45) is 0 Å². The third-order valence-corrected chi connectivity index (χ3v) is 6.30. The van der Waals surface area contributed by atoms with Crippen LogP contribution in [0, 0.1) is 0 Å². The molecule has 2 aromatic carbocycles.